The van der Waals surface area contributed by atoms with Crippen LogP contribution in [0.4, 0.5) is 0 Å². The number of rotatable bonds is 5. The van der Waals surface area contributed by atoms with E-state index >= 15 is 0 Å². The Morgan fingerprint density at radius 3 is 2.72 bits per heavy atom. The molecular formula is C14H17ClN2O. The molecule has 1 atom stereocenters. The molecule has 2 rings (SSSR count). The van der Waals surface area contributed by atoms with E-state index in [1.807, 2.05) is 35.0 Å². The molecule has 1 unspecified atom stereocenters. The van der Waals surface area contributed by atoms with Gasteiger partial charge in [-0.1, -0.05) is 30.7 Å². The standard InChI is InChI=1S/C14H17ClN2O/c1-2-8-17-9-7-16-14(17)13(18)10-11-3-5-12(15)6-4-11/h3-7,9,13,18H,2,8,10H2,1H3. The molecule has 0 aliphatic heterocycles. The van der Waals surface area contributed by atoms with Gasteiger partial charge in [-0.3, -0.25) is 0 Å². The van der Waals surface area contributed by atoms with Crippen molar-refractivity contribution >= 4 is 11.6 Å². The molecule has 2 aromatic rings. The number of aromatic nitrogens is 2. The summed E-state index contributed by atoms with van der Waals surface area (Å²) in [6, 6.07) is 7.53. The predicted molar refractivity (Wildman–Crippen MR) is 72.6 cm³/mol. The average molecular weight is 265 g/mol. The van der Waals surface area contributed by atoms with E-state index in [-0.39, 0.29) is 0 Å². The fraction of sp³-hybridized carbons (Fsp3) is 0.357. The van der Waals surface area contributed by atoms with E-state index in [1.165, 1.54) is 0 Å². The highest BCUT2D eigenvalue weighted by atomic mass is 35.5. The number of benzene rings is 1. The highest BCUT2D eigenvalue weighted by Crippen LogP contribution is 2.18. The van der Waals surface area contributed by atoms with Crippen LogP contribution >= 0.6 is 11.6 Å². The molecule has 1 aromatic heterocycles. The second kappa shape index (κ2) is 6.03. The van der Waals surface area contributed by atoms with Gasteiger partial charge in [-0.05, 0) is 24.1 Å². The Morgan fingerprint density at radius 1 is 1.33 bits per heavy atom. The van der Waals surface area contributed by atoms with Crippen molar-refractivity contribution in [2.75, 3.05) is 0 Å². The van der Waals surface area contributed by atoms with Crippen molar-refractivity contribution in [3.05, 3.63) is 53.1 Å². The number of aliphatic hydroxyl groups is 1. The third kappa shape index (κ3) is 3.12. The molecule has 0 spiro atoms. The van der Waals surface area contributed by atoms with Crippen molar-refractivity contribution in [3.63, 3.8) is 0 Å². The average Bonchev–Trinajstić information content (AvgIpc) is 2.81. The Bertz CT molecular complexity index is 493. The van der Waals surface area contributed by atoms with Crippen molar-refractivity contribution in [3.8, 4) is 0 Å². The smallest absolute Gasteiger partial charge is 0.137 e. The van der Waals surface area contributed by atoms with Crippen LogP contribution in [-0.4, -0.2) is 14.7 Å². The maximum absolute atomic E-state index is 10.2. The number of hydrogen-bond donors (Lipinski definition) is 1. The first-order valence-electron chi connectivity index (χ1n) is 6.14. The zero-order chi connectivity index (χ0) is 13.0. The summed E-state index contributed by atoms with van der Waals surface area (Å²) in [7, 11) is 0. The third-order valence-electron chi connectivity index (χ3n) is 2.85. The summed E-state index contributed by atoms with van der Waals surface area (Å²) in [5.41, 5.74) is 1.05. The third-order valence-corrected chi connectivity index (χ3v) is 3.10. The summed E-state index contributed by atoms with van der Waals surface area (Å²) in [6.07, 6.45) is 4.64. The lowest BCUT2D eigenvalue weighted by atomic mass is 10.1. The normalized spacial score (nSPS) is 12.6. The minimum Gasteiger partial charge on any atom is -0.385 e. The SMILES string of the molecule is CCCn1ccnc1C(O)Cc1ccc(Cl)cc1. The first-order valence-corrected chi connectivity index (χ1v) is 6.52. The van der Waals surface area contributed by atoms with E-state index in [2.05, 4.69) is 11.9 Å². The molecule has 4 heteroatoms. The molecule has 0 saturated carbocycles. The van der Waals surface area contributed by atoms with Crippen LogP contribution in [0.15, 0.2) is 36.7 Å². The Kier molecular flexibility index (Phi) is 4.39. The van der Waals surface area contributed by atoms with E-state index in [4.69, 9.17) is 11.6 Å². The van der Waals surface area contributed by atoms with Crippen molar-refractivity contribution < 1.29 is 5.11 Å². The quantitative estimate of drug-likeness (QED) is 0.900. The highest BCUT2D eigenvalue weighted by molar-refractivity contribution is 6.30. The van der Waals surface area contributed by atoms with Gasteiger partial charge >= 0.3 is 0 Å². The molecule has 1 aromatic carbocycles. The molecule has 96 valence electrons. The van der Waals surface area contributed by atoms with Gasteiger partial charge in [-0.2, -0.15) is 0 Å². The summed E-state index contributed by atoms with van der Waals surface area (Å²) >= 11 is 5.84. The topological polar surface area (TPSA) is 38.0 Å². The lowest BCUT2D eigenvalue weighted by molar-refractivity contribution is 0.163. The van der Waals surface area contributed by atoms with Crippen LogP contribution in [0.5, 0.6) is 0 Å². The second-order valence-electron chi connectivity index (χ2n) is 4.33. The van der Waals surface area contributed by atoms with Gasteiger partial charge < -0.3 is 9.67 Å². The fourth-order valence-electron chi connectivity index (χ4n) is 1.98. The molecule has 0 saturated heterocycles. The minimum atomic E-state index is -0.576. The summed E-state index contributed by atoms with van der Waals surface area (Å²) in [5, 5.41) is 10.9. The molecule has 0 bridgehead atoms. The van der Waals surface area contributed by atoms with E-state index in [1.54, 1.807) is 6.20 Å². The molecular weight excluding hydrogens is 248 g/mol. The zero-order valence-electron chi connectivity index (χ0n) is 10.4. The van der Waals surface area contributed by atoms with Gasteiger partial charge in [0.1, 0.15) is 11.9 Å². The molecule has 0 aliphatic rings. The van der Waals surface area contributed by atoms with Gasteiger partial charge in [-0.15, -0.1) is 0 Å². The van der Waals surface area contributed by atoms with Crippen molar-refractivity contribution in [2.24, 2.45) is 0 Å². The highest BCUT2D eigenvalue weighted by Gasteiger charge is 2.14. The van der Waals surface area contributed by atoms with Gasteiger partial charge in [0, 0.05) is 30.4 Å². The maximum atomic E-state index is 10.2. The Labute approximate surface area is 112 Å². The number of hydrogen-bond acceptors (Lipinski definition) is 2. The molecule has 1 N–H and O–H groups in total. The predicted octanol–water partition coefficient (Wildman–Crippen LogP) is 3.22. The number of nitrogens with zero attached hydrogens (tertiary/aromatic N) is 2. The van der Waals surface area contributed by atoms with Gasteiger partial charge in [0.2, 0.25) is 0 Å². The minimum absolute atomic E-state index is 0.553. The van der Waals surface area contributed by atoms with Crippen LogP contribution in [0, 0.1) is 0 Å². The summed E-state index contributed by atoms with van der Waals surface area (Å²) in [4.78, 5) is 4.24. The first-order chi connectivity index (χ1) is 8.70. The van der Waals surface area contributed by atoms with E-state index in [0.29, 0.717) is 11.4 Å². The molecule has 1 heterocycles. The molecule has 18 heavy (non-hydrogen) atoms. The Morgan fingerprint density at radius 2 is 2.06 bits per heavy atom. The van der Waals surface area contributed by atoms with Crippen LogP contribution in [0.2, 0.25) is 5.02 Å². The second-order valence-corrected chi connectivity index (χ2v) is 4.76. The fourth-order valence-corrected chi connectivity index (χ4v) is 2.11. The summed E-state index contributed by atoms with van der Waals surface area (Å²) in [6.45, 7) is 2.99. The summed E-state index contributed by atoms with van der Waals surface area (Å²) < 4.78 is 2.00. The Hall–Kier alpha value is -1.32. The van der Waals surface area contributed by atoms with Crippen LogP contribution in [0.3, 0.4) is 0 Å². The Balaban J connectivity index is 2.09. The van der Waals surface area contributed by atoms with Gasteiger partial charge in [0.25, 0.3) is 0 Å². The van der Waals surface area contributed by atoms with E-state index in [0.717, 1.165) is 24.4 Å². The number of aryl methyl sites for hydroxylation is 1. The lowest BCUT2D eigenvalue weighted by Gasteiger charge is -2.12. The zero-order valence-corrected chi connectivity index (χ0v) is 11.1. The molecule has 3 nitrogen and oxygen atoms in total. The van der Waals surface area contributed by atoms with Crippen LogP contribution in [-0.2, 0) is 13.0 Å². The van der Waals surface area contributed by atoms with Crippen LogP contribution < -0.4 is 0 Å². The van der Waals surface area contributed by atoms with Gasteiger partial charge in [-0.25, -0.2) is 4.98 Å². The lowest BCUT2D eigenvalue weighted by Crippen LogP contribution is -2.10. The first kappa shape index (κ1) is 13.1. The van der Waals surface area contributed by atoms with Crippen molar-refractivity contribution in [1.82, 2.24) is 9.55 Å². The van der Waals surface area contributed by atoms with E-state index < -0.39 is 6.10 Å². The monoisotopic (exact) mass is 264 g/mol. The summed E-state index contributed by atoms with van der Waals surface area (Å²) in [5.74, 6) is 0.729. The molecule has 0 radical (unpaired) electrons. The number of halogens is 1. The maximum Gasteiger partial charge on any atom is 0.137 e. The van der Waals surface area contributed by atoms with Gasteiger partial charge in [0.05, 0.1) is 0 Å². The van der Waals surface area contributed by atoms with Crippen molar-refractivity contribution in [1.29, 1.82) is 0 Å². The molecule has 0 aliphatic carbocycles. The van der Waals surface area contributed by atoms with Crippen LogP contribution in [0.1, 0.15) is 30.8 Å². The van der Waals surface area contributed by atoms with E-state index in [9.17, 15) is 5.11 Å². The number of aliphatic hydroxyl groups excluding tert-OH is 1. The van der Waals surface area contributed by atoms with Crippen LogP contribution in [0.25, 0.3) is 0 Å². The van der Waals surface area contributed by atoms with Gasteiger partial charge in [0.15, 0.2) is 0 Å². The number of imidazole rings is 1. The van der Waals surface area contributed by atoms with Crippen molar-refractivity contribution in [2.45, 2.75) is 32.4 Å². The molecule has 0 amide bonds. The largest absolute Gasteiger partial charge is 0.385 e. The molecule has 0 fully saturated rings.